The van der Waals surface area contributed by atoms with E-state index < -0.39 is 36.6 Å². The Hall–Kier alpha value is -0.460. The van der Waals surface area contributed by atoms with E-state index in [4.69, 9.17) is 9.47 Å². The molecule has 5 nitrogen and oxygen atoms in total. The smallest absolute Gasteiger partial charge is 0.110 e. The number of aliphatic hydroxyl groups excluding tert-OH is 3. The quantitative estimate of drug-likeness (QED) is 0.480. The lowest BCUT2D eigenvalue weighted by Crippen LogP contribution is -2.36. The van der Waals surface area contributed by atoms with Gasteiger partial charge in [-0.15, -0.1) is 5.73 Å². The Balaban J connectivity index is 2.22. The summed E-state index contributed by atoms with van der Waals surface area (Å²) >= 11 is 3.13. The molecule has 2 heterocycles. The monoisotopic (exact) mass is 360 g/mol. The van der Waals surface area contributed by atoms with E-state index in [1.807, 2.05) is 6.92 Å². The molecule has 7 unspecified atom stereocenters. The summed E-state index contributed by atoms with van der Waals surface area (Å²) in [5.41, 5.74) is 2.87. The molecule has 2 aliphatic rings. The van der Waals surface area contributed by atoms with E-state index in [9.17, 15) is 15.3 Å². The third-order valence-electron chi connectivity index (χ3n) is 3.78. The molecular formula is C15H21BrO5. The van der Waals surface area contributed by atoms with Gasteiger partial charge in [0.2, 0.25) is 0 Å². The van der Waals surface area contributed by atoms with Gasteiger partial charge in [-0.3, -0.25) is 0 Å². The molecule has 2 aliphatic heterocycles. The zero-order chi connectivity index (χ0) is 15.4. The van der Waals surface area contributed by atoms with Crippen LogP contribution in [0.5, 0.6) is 0 Å². The van der Waals surface area contributed by atoms with Gasteiger partial charge in [0.15, 0.2) is 0 Å². The summed E-state index contributed by atoms with van der Waals surface area (Å²) in [6.45, 7) is 1.82. The van der Waals surface area contributed by atoms with Crippen molar-refractivity contribution in [1.82, 2.24) is 0 Å². The molecule has 7 atom stereocenters. The van der Waals surface area contributed by atoms with Crippen molar-refractivity contribution < 1.29 is 24.8 Å². The Labute approximate surface area is 132 Å². The molecule has 1 saturated heterocycles. The lowest BCUT2D eigenvalue weighted by Gasteiger charge is -2.25. The molecule has 2 rings (SSSR count). The summed E-state index contributed by atoms with van der Waals surface area (Å²) in [5.74, 6) is 0. The highest BCUT2D eigenvalue weighted by atomic mass is 79.9. The van der Waals surface area contributed by atoms with Crippen LogP contribution in [-0.4, -0.2) is 58.0 Å². The van der Waals surface area contributed by atoms with E-state index in [2.05, 4.69) is 21.7 Å². The van der Waals surface area contributed by atoms with E-state index in [0.29, 0.717) is 6.42 Å². The van der Waals surface area contributed by atoms with Gasteiger partial charge < -0.3 is 24.8 Å². The second kappa shape index (κ2) is 7.70. The summed E-state index contributed by atoms with van der Waals surface area (Å²) in [7, 11) is 0. The van der Waals surface area contributed by atoms with Crippen LogP contribution in [0.3, 0.4) is 0 Å². The lowest BCUT2D eigenvalue weighted by atomic mass is 10.0. The Morgan fingerprint density at radius 1 is 1.14 bits per heavy atom. The van der Waals surface area contributed by atoms with E-state index in [0.717, 1.165) is 0 Å². The highest BCUT2D eigenvalue weighted by molar-refractivity contribution is 9.11. The Morgan fingerprint density at radius 3 is 2.62 bits per heavy atom. The first-order valence-electron chi connectivity index (χ1n) is 7.06. The van der Waals surface area contributed by atoms with Crippen LogP contribution in [0.15, 0.2) is 28.9 Å². The van der Waals surface area contributed by atoms with Gasteiger partial charge in [0.25, 0.3) is 0 Å². The summed E-state index contributed by atoms with van der Waals surface area (Å²) in [6, 6.07) is 0. The molecule has 0 aliphatic carbocycles. The molecule has 3 N–H and O–H groups in total. The van der Waals surface area contributed by atoms with Crippen LogP contribution in [0, 0.1) is 0 Å². The Bertz CT molecular complexity index is 432. The van der Waals surface area contributed by atoms with Crippen molar-refractivity contribution in [2.75, 3.05) is 0 Å². The maximum absolute atomic E-state index is 10.1. The first kappa shape index (κ1) is 16.9. The SMILES string of the molecule is CC1OC(C=C=CBr)C=CC(O)CC(O)C2CC(O)C1O2. The third kappa shape index (κ3) is 4.50. The zero-order valence-electron chi connectivity index (χ0n) is 11.8. The molecule has 2 bridgehead atoms. The third-order valence-corrected chi connectivity index (χ3v) is 4.04. The van der Waals surface area contributed by atoms with Crippen LogP contribution in [0.1, 0.15) is 19.8 Å². The maximum Gasteiger partial charge on any atom is 0.110 e. The number of rotatable bonds is 1. The van der Waals surface area contributed by atoms with Crippen molar-refractivity contribution in [3.05, 3.63) is 28.9 Å². The van der Waals surface area contributed by atoms with Crippen molar-refractivity contribution in [2.24, 2.45) is 0 Å². The van der Waals surface area contributed by atoms with E-state index in [-0.39, 0.29) is 12.5 Å². The van der Waals surface area contributed by atoms with Gasteiger partial charge in [0.05, 0.1) is 30.5 Å². The fraction of sp³-hybridized carbons (Fsp3) is 0.667. The number of aliphatic hydroxyl groups is 3. The predicted molar refractivity (Wildman–Crippen MR) is 81.0 cm³/mol. The molecule has 0 aromatic heterocycles. The second-order valence-corrected chi connectivity index (χ2v) is 5.90. The molecule has 21 heavy (non-hydrogen) atoms. The molecule has 0 aromatic carbocycles. The number of hydrogen-bond acceptors (Lipinski definition) is 5. The fourth-order valence-corrected chi connectivity index (χ4v) is 2.86. The molecular weight excluding hydrogens is 340 g/mol. The van der Waals surface area contributed by atoms with Gasteiger partial charge in [-0.2, -0.15) is 0 Å². The van der Waals surface area contributed by atoms with Gasteiger partial charge in [-0.05, 0) is 13.0 Å². The van der Waals surface area contributed by atoms with Gasteiger partial charge in [-0.25, -0.2) is 0 Å². The number of halogens is 1. The molecule has 1 fully saturated rings. The molecule has 0 spiro atoms. The Kier molecular flexibility index (Phi) is 6.20. The van der Waals surface area contributed by atoms with Crippen LogP contribution in [0.4, 0.5) is 0 Å². The van der Waals surface area contributed by atoms with Gasteiger partial charge in [-0.1, -0.05) is 28.1 Å². The summed E-state index contributed by atoms with van der Waals surface area (Å²) < 4.78 is 11.6. The van der Waals surface area contributed by atoms with E-state index in [1.165, 1.54) is 0 Å². The van der Waals surface area contributed by atoms with E-state index in [1.54, 1.807) is 23.2 Å². The minimum Gasteiger partial charge on any atom is -0.390 e. The van der Waals surface area contributed by atoms with Crippen LogP contribution < -0.4 is 0 Å². The molecule has 118 valence electrons. The van der Waals surface area contributed by atoms with Crippen molar-refractivity contribution >= 4 is 15.9 Å². The summed E-state index contributed by atoms with van der Waals surface area (Å²) in [6.07, 6.45) is 1.52. The van der Waals surface area contributed by atoms with Crippen molar-refractivity contribution in [3.63, 3.8) is 0 Å². The molecule has 0 radical (unpaired) electrons. The van der Waals surface area contributed by atoms with Gasteiger partial charge in [0.1, 0.15) is 12.2 Å². The minimum atomic E-state index is -0.814. The number of ether oxygens (including phenoxy) is 2. The maximum atomic E-state index is 10.1. The zero-order valence-corrected chi connectivity index (χ0v) is 13.4. The van der Waals surface area contributed by atoms with Crippen LogP contribution >= 0.6 is 15.9 Å². The van der Waals surface area contributed by atoms with Gasteiger partial charge in [0, 0.05) is 17.8 Å². The van der Waals surface area contributed by atoms with Crippen molar-refractivity contribution in [2.45, 2.75) is 62.5 Å². The van der Waals surface area contributed by atoms with Crippen LogP contribution in [-0.2, 0) is 9.47 Å². The number of hydrogen-bond donors (Lipinski definition) is 3. The minimum absolute atomic E-state index is 0.166. The van der Waals surface area contributed by atoms with Crippen molar-refractivity contribution in [3.8, 4) is 0 Å². The fourth-order valence-electron chi connectivity index (χ4n) is 2.70. The Morgan fingerprint density at radius 2 is 1.90 bits per heavy atom. The predicted octanol–water partition coefficient (Wildman–Crippen LogP) is 1.02. The first-order valence-corrected chi connectivity index (χ1v) is 7.97. The van der Waals surface area contributed by atoms with Crippen LogP contribution in [0.25, 0.3) is 0 Å². The molecule has 6 heteroatoms. The lowest BCUT2D eigenvalue weighted by molar-refractivity contribution is -0.112. The highest BCUT2D eigenvalue weighted by Crippen LogP contribution is 2.29. The largest absolute Gasteiger partial charge is 0.390 e. The average molecular weight is 361 g/mol. The normalized spacial score (nSPS) is 43.8. The molecule has 0 aromatic rings. The molecule has 0 amide bonds. The molecule has 0 saturated carbocycles. The topological polar surface area (TPSA) is 79.2 Å². The summed E-state index contributed by atoms with van der Waals surface area (Å²) in [4.78, 5) is 1.58. The van der Waals surface area contributed by atoms with Crippen LogP contribution in [0.2, 0.25) is 0 Å². The first-order chi connectivity index (χ1) is 10.0. The second-order valence-electron chi connectivity index (χ2n) is 5.45. The average Bonchev–Trinajstić information content (AvgIpc) is 2.82. The number of fused-ring (bicyclic) bond motifs is 2. The van der Waals surface area contributed by atoms with Gasteiger partial charge >= 0.3 is 0 Å². The highest BCUT2D eigenvalue weighted by Gasteiger charge is 2.41. The van der Waals surface area contributed by atoms with E-state index >= 15 is 0 Å². The standard InChI is InChI=1S/C15H21BrO5/c1-9-15-13(19)8-14(21-15)12(18)7-10(17)4-5-11(20-9)3-2-6-16/h3-6,9-15,17-19H,7-8H2,1H3. The summed E-state index contributed by atoms with van der Waals surface area (Å²) in [5, 5.41) is 30.1. The van der Waals surface area contributed by atoms with Crippen molar-refractivity contribution in [1.29, 1.82) is 0 Å².